The third-order valence-electron chi connectivity index (χ3n) is 16.3. The molecule has 0 aliphatic heterocycles. The Labute approximate surface area is 475 Å². The molecule has 2 nitrogen and oxygen atoms in total. The van der Waals surface area contributed by atoms with E-state index in [0.29, 0.717) is 0 Å². The van der Waals surface area contributed by atoms with Crippen LogP contribution in [0, 0.1) is 12.1 Å². The molecule has 12 aromatic carbocycles. The SMILES string of the molecule is c1cccc(-c2cc(S(c3ccccc3)(c3cccc(-c4ccccc4)c3)c3cccc(-c4ccccc4)c3)cc(-c3ccccc3)c2-n2c3c(c4cc(-c5cccc6c5c5ccccc5n6-c5ccccc5)ccc42)C=CCC3)c#1. The van der Waals surface area contributed by atoms with Gasteiger partial charge in [-0.3, -0.25) is 0 Å². The van der Waals surface area contributed by atoms with Crippen LogP contribution in [0.5, 0.6) is 0 Å². The molecule has 1 aliphatic rings. The lowest BCUT2D eigenvalue weighted by Crippen LogP contribution is -2.10. The Morgan fingerprint density at radius 1 is 0.358 bits per heavy atom. The van der Waals surface area contributed by atoms with Gasteiger partial charge in [-0.25, -0.2) is 0 Å². The first kappa shape index (κ1) is 48.1. The molecule has 3 heteroatoms. The molecular formula is C78H54N2S. The number of hydrogen-bond donors (Lipinski definition) is 0. The average molecular weight is 1050 g/mol. The van der Waals surface area contributed by atoms with E-state index in [1.165, 1.54) is 96.9 Å². The molecule has 0 unspecified atom stereocenters. The summed E-state index contributed by atoms with van der Waals surface area (Å²) in [5.41, 5.74) is 20.0. The zero-order chi connectivity index (χ0) is 53.7. The minimum Gasteiger partial charge on any atom is -0.312 e. The number of fused-ring (bicyclic) bond motifs is 6. The summed E-state index contributed by atoms with van der Waals surface area (Å²) in [6.45, 7) is 0. The first-order valence-electron chi connectivity index (χ1n) is 27.9. The first-order valence-corrected chi connectivity index (χ1v) is 29.6. The van der Waals surface area contributed by atoms with E-state index in [2.05, 4.69) is 319 Å². The van der Waals surface area contributed by atoms with Gasteiger partial charge in [-0.2, -0.15) is 0 Å². The highest BCUT2D eigenvalue weighted by molar-refractivity contribution is 8.34. The lowest BCUT2D eigenvalue weighted by molar-refractivity contribution is 0.889. The van der Waals surface area contributed by atoms with E-state index >= 15 is 0 Å². The van der Waals surface area contributed by atoms with Crippen LogP contribution in [-0.2, 0) is 6.42 Å². The van der Waals surface area contributed by atoms with Crippen molar-refractivity contribution in [1.82, 2.24) is 9.13 Å². The van der Waals surface area contributed by atoms with E-state index in [0.717, 1.165) is 46.5 Å². The highest BCUT2D eigenvalue weighted by Gasteiger charge is 2.37. The lowest BCUT2D eigenvalue weighted by Gasteiger charge is -2.43. The number of aromatic nitrogens is 2. The van der Waals surface area contributed by atoms with E-state index in [1.54, 1.807) is 0 Å². The summed E-state index contributed by atoms with van der Waals surface area (Å²) >= 11 is 0. The molecule has 0 spiro atoms. The number of rotatable bonds is 11. The summed E-state index contributed by atoms with van der Waals surface area (Å²) in [6, 6.07) is 115. The summed E-state index contributed by atoms with van der Waals surface area (Å²) in [5, 5.41) is 3.74. The normalized spacial score (nSPS) is 12.4. The van der Waals surface area contributed by atoms with E-state index < -0.39 is 10.0 Å². The standard InChI is InChI=1S/C78H54N2S/c1-7-26-55(27-8-1)59-34-23-40-64(50-59)81(63-38-17-6-18-39-63,65-41-24-35-60(51-65)56-28-9-2-10-29-56)66-53-70(57-30-11-3-12-31-57)78(71(54-66)58-32-13-4-14-33-58)80-73-45-21-19-42-68(73)72-52-61(48-49-75(72)80)67-44-25-47-76-77(67)69-43-20-22-46-74(69)79(76)62-36-15-5-16-37-62/h1-13,15-20,22-32,34-44,46-54H,21,45H2. The van der Waals surface area contributed by atoms with Crippen LogP contribution in [0.4, 0.5) is 0 Å². The third-order valence-corrected chi connectivity index (χ3v) is 20.2. The summed E-state index contributed by atoms with van der Waals surface area (Å²) in [5.74, 6) is 0. The van der Waals surface area contributed by atoms with Crippen LogP contribution in [0.15, 0.2) is 317 Å². The summed E-state index contributed by atoms with van der Waals surface area (Å²) < 4.78 is 5.03. The molecule has 0 radical (unpaired) electrons. The zero-order valence-corrected chi connectivity index (χ0v) is 45.4. The fourth-order valence-corrected chi connectivity index (χ4v) is 16.7. The van der Waals surface area contributed by atoms with Gasteiger partial charge in [0, 0.05) is 69.4 Å². The van der Waals surface area contributed by atoms with E-state index in [9.17, 15) is 0 Å². The highest BCUT2D eigenvalue weighted by atomic mass is 32.3. The summed E-state index contributed by atoms with van der Waals surface area (Å²) in [6.07, 6.45) is 6.59. The van der Waals surface area contributed by atoms with Gasteiger partial charge < -0.3 is 9.13 Å². The molecule has 0 amide bonds. The number of nitrogens with zero attached hydrogens (tertiary/aromatic N) is 2. The van der Waals surface area contributed by atoms with Crippen molar-refractivity contribution < 1.29 is 0 Å². The van der Waals surface area contributed by atoms with Crippen molar-refractivity contribution in [2.24, 2.45) is 0 Å². The Balaban J connectivity index is 1.04. The number of benzene rings is 11. The molecule has 0 bridgehead atoms. The van der Waals surface area contributed by atoms with E-state index in [4.69, 9.17) is 0 Å². The molecule has 0 atom stereocenters. The Hall–Kier alpha value is -10.1. The molecule has 2 aromatic heterocycles. The van der Waals surface area contributed by atoms with Crippen molar-refractivity contribution in [2.75, 3.05) is 0 Å². The number of hydrogen-bond acceptors (Lipinski definition) is 0. The van der Waals surface area contributed by atoms with Crippen LogP contribution >= 0.6 is 10.0 Å². The van der Waals surface area contributed by atoms with Crippen LogP contribution < -0.4 is 0 Å². The van der Waals surface area contributed by atoms with Crippen molar-refractivity contribution in [2.45, 2.75) is 32.4 Å². The van der Waals surface area contributed by atoms with Gasteiger partial charge in [0.1, 0.15) is 0 Å². The van der Waals surface area contributed by atoms with Crippen molar-refractivity contribution in [3.63, 3.8) is 0 Å². The van der Waals surface area contributed by atoms with Crippen molar-refractivity contribution in [3.05, 3.63) is 321 Å². The van der Waals surface area contributed by atoms with Crippen LogP contribution in [0.3, 0.4) is 0 Å². The lowest BCUT2D eigenvalue weighted by atomic mass is 9.95. The average Bonchev–Trinajstić information content (AvgIpc) is 3.22. The fraction of sp³-hybridized carbons (Fsp3) is 0.0256. The second kappa shape index (κ2) is 20.3. The Morgan fingerprint density at radius 2 is 0.926 bits per heavy atom. The second-order valence-corrected chi connectivity index (χ2v) is 24.0. The smallest absolute Gasteiger partial charge is 0.0623 e. The van der Waals surface area contributed by atoms with Gasteiger partial charge in [0.2, 0.25) is 0 Å². The van der Waals surface area contributed by atoms with Crippen LogP contribution in [0.25, 0.3) is 106 Å². The Morgan fingerprint density at radius 3 is 1.60 bits per heavy atom. The molecule has 14 aromatic rings. The first-order chi connectivity index (χ1) is 40.2. The molecule has 1 aliphatic carbocycles. The fourth-order valence-electron chi connectivity index (χ4n) is 12.8. The van der Waals surface area contributed by atoms with Crippen LogP contribution in [0.2, 0.25) is 0 Å². The maximum atomic E-state index is 3.68. The second-order valence-electron chi connectivity index (χ2n) is 20.9. The molecule has 0 fully saturated rings. The summed E-state index contributed by atoms with van der Waals surface area (Å²) in [4.78, 5) is 4.99. The number of para-hydroxylation sites is 2. The molecule has 81 heavy (non-hydrogen) atoms. The van der Waals surface area contributed by atoms with E-state index in [-0.39, 0.29) is 0 Å². The predicted molar refractivity (Wildman–Crippen MR) is 340 cm³/mol. The molecule has 0 saturated carbocycles. The Bertz CT molecular complexity index is 4510. The van der Waals surface area contributed by atoms with Crippen LogP contribution in [-0.4, -0.2) is 9.13 Å². The van der Waals surface area contributed by atoms with Gasteiger partial charge in [0.15, 0.2) is 0 Å². The van der Waals surface area contributed by atoms with E-state index in [1.807, 2.05) is 6.07 Å². The van der Waals surface area contributed by atoms with Crippen LogP contribution in [0.1, 0.15) is 17.7 Å². The quantitative estimate of drug-likeness (QED) is 0.122. The van der Waals surface area contributed by atoms with Crippen molar-refractivity contribution in [1.29, 1.82) is 0 Å². The molecule has 382 valence electrons. The maximum Gasteiger partial charge on any atom is 0.0623 e. The van der Waals surface area contributed by atoms with Gasteiger partial charge in [0.25, 0.3) is 0 Å². The topological polar surface area (TPSA) is 9.86 Å². The zero-order valence-electron chi connectivity index (χ0n) is 44.6. The maximum absolute atomic E-state index is 3.68. The molecule has 0 saturated heterocycles. The van der Waals surface area contributed by atoms with Gasteiger partial charge in [0.05, 0.1) is 22.2 Å². The van der Waals surface area contributed by atoms with Gasteiger partial charge in [-0.15, -0.1) is 10.0 Å². The van der Waals surface area contributed by atoms with Crippen molar-refractivity contribution in [3.8, 4) is 67.0 Å². The summed E-state index contributed by atoms with van der Waals surface area (Å²) in [7, 11) is -2.31. The van der Waals surface area contributed by atoms with Crippen molar-refractivity contribution >= 4 is 48.8 Å². The Kier molecular flexibility index (Phi) is 12.0. The molecule has 0 N–H and O–H groups in total. The monoisotopic (exact) mass is 1050 g/mol. The largest absolute Gasteiger partial charge is 0.312 e. The van der Waals surface area contributed by atoms with Gasteiger partial charge in [-0.1, -0.05) is 218 Å². The molecular weight excluding hydrogens is 997 g/mol. The van der Waals surface area contributed by atoms with Gasteiger partial charge in [-0.05, 0) is 149 Å². The number of allylic oxidation sites excluding steroid dienone is 1. The highest BCUT2D eigenvalue weighted by Crippen LogP contribution is 2.74. The molecule has 2 heterocycles. The van der Waals surface area contributed by atoms with Gasteiger partial charge >= 0.3 is 0 Å². The predicted octanol–water partition coefficient (Wildman–Crippen LogP) is 21.0. The minimum absolute atomic E-state index is 0.897. The minimum atomic E-state index is -2.31. The third kappa shape index (κ3) is 8.14. The molecule has 15 rings (SSSR count).